The Hall–Kier alpha value is -0.830. The van der Waals surface area contributed by atoms with Crippen LogP contribution in [0.25, 0.3) is 0 Å². The average Bonchev–Trinajstić information content (AvgIpc) is 2.24. The molecule has 0 bridgehead atoms. The molecule has 2 aliphatic rings. The molecule has 14 heavy (non-hydrogen) atoms. The maximum Gasteiger partial charge on any atom is 0.334 e. The molecular formula is C11H16O3. The number of fused-ring (bicyclic) bond motifs is 1. The van der Waals surface area contributed by atoms with Gasteiger partial charge in [0.05, 0.1) is 6.10 Å². The van der Waals surface area contributed by atoms with Crippen LogP contribution in [0.1, 0.15) is 33.6 Å². The topological polar surface area (TPSA) is 46.5 Å². The minimum absolute atomic E-state index is 0.0541. The number of ether oxygens (including phenoxy) is 1. The third-order valence-electron chi connectivity index (χ3n) is 3.18. The molecule has 1 heterocycles. The van der Waals surface area contributed by atoms with Crippen LogP contribution < -0.4 is 0 Å². The quantitative estimate of drug-likeness (QED) is 0.596. The smallest absolute Gasteiger partial charge is 0.334 e. The summed E-state index contributed by atoms with van der Waals surface area (Å²) in [5.41, 5.74) is 1.48. The molecule has 1 aliphatic heterocycles. The van der Waals surface area contributed by atoms with E-state index in [4.69, 9.17) is 4.74 Å². The fourth-order valence-electron chi connectivity index (χ4n) is 2.48. The molecule has 0 spiro atoms. The van der Waals surface area contributed by atoms with Gasteiger partial charge in [0, 0.05) is 11.1 Å². The van der Waals surface area contributed by atoms with Crippen LogP contribution in [0.5, 0.6) is 0 Å². The molecule has 0 aromatic rings. The van der Waals surface area contributed by atoms with Crippen LogP contribution in [0.2, 0.25) is 0 Å². The number of aliphatic hydroxyl groups is 1. The van der Waals surface area contributed by atoms with E-state index in [-0.39, 0.29) is 17.5 Å². The SMILES string of the molecule is CC1=C2C(O)CC(C)(C)CC2OC1=O. The van der Waals surface area contributed by atoms with Gasteiger partial charge in [-0.05, 0) is 25.2 Å². The first-order chi connectivity index (χ1) is 6.41. The minimum Gasteiger partial charge on any atom is -0.454 e. The lowest BCUT2D eigenvalue weighted by molar-refractivity contribution is -0.141. The Morgan fingerprint density at radius 1 is 1.43 bits per heavy atom. The van der Waals surface area contributed by atoms with E-state index in [9.17, 15) is 9.90 Å². The summed E-state index contributed by atoms with van der Waals surface area (Å²) in [6.07, 6.45) is 0.853. The number of carbonyl (C=O) groups excluding carboxylic acids is 1. The minimum atomic E-state index is -0.504. The predicted octanol–water partition coefficient (Wildman–Crippen LogP) is 1.41. The lowest BCUT2D eigenvalue weighted by atomic mass is 9.72. The van der Waals surface area contributed by atoms with E-state index in [2.05, 4.69) is 13.8 Å². The summed E-state index contributed by atoms with van der Waals surface area (Å²) >= 11 is 0. The van der Waals surface area contributed by atoms with Gasteiger partial charge in [0.2, 0.25) is 0 Å². The van der Waals surface area contributed by atoms with Gasteiger partial charge in [0.15, 0.2) is 0 Å². The van der Waals surface area contributed by atoms with E-state index in [0.717, 1.165) is 12.0 Å². The second kappa shape index (κ2) is 2.83. The van der Waals surface area contributed by atoms with Crippen molar-refractivity contribution in [2.45, 2.75) is 45.8 Å². The molecule has 1 aliphatic carbocycles. The molecule has 3 nitrogen and oxygen atoms in total. The van der Waals surface area contributed by atoms with E-state index in [1.165, 1.54) is 0 Å². The van der Waals surface area contributed by atoms with Crippen LogP contribution in [0.4, 0.5) is 0 Å². The van der Waals surface area contributed by atoms with E-state index in [1.54, 1.807) is 6.92 Å². The summed E-state index contributed by atoms with van der Waals surface area (Å²) in [6.45, 7) is 5.92. The highest BCUT2D eigenvalue weighted by Crippen LogP contribution is 2.43. The van der Waals surface area contributed by atoms with Crippen LogP contribution >= 0.6 is 0 Å². The summed E-state index contributed by atoms with van der Waals surface area (Å²) in [6, 6.07) is 0. The second-order valence-corrected chi connectivity index (χ2v) is 5.06. The second-order valence-electron chi connectivity index (χ2n) is 5.06. The summed E-state index contributed by atoms with van der Waals surface area (Å²) in [5.74, 6) is -0.262. The van der Waals surface area contributed by atoms with Gasteiger partial charge in [0.1, 0.15) is 6.10 Å². The van der Waals surface area contributed by atoms with Gasteiger partial charge in [-0.1, -0.05) is 13.8 Å². The zero-order valence-electron chi connectivity index (χ0n) is 8.83. The van der Waals surface area contributed by atoms with Gasteiger partial charge in [-0.2, -0.15) is 0 Å². The summed E-state index contributed by atoms with van der Waals surface area (Å²) in [4.78, 5) is 11.3. The molecule has 0 aromatic heterocycles. The Labute approximate surface area is 83.8 Å². The van der Waals surface area contributed by atoms with Crippen molar-refractivity contribution in [1.29, 1.82) is 0 Å². The third-order valence-corrected chi connectivity index (χ3v) is 3.18. The molecule has 1 N–H and O–H groups in total. The Morgan fingerprint density at radius 3 is 2.71 bits per heavy atom. The highest BCUT2D eigenvalue weighted by molar-refractivity contribution is 5.92. The third kappa shape index (κ3) is 1.36. The standard InChI is InChI=1S/C11H16O3/c1-6-9-7(12)4-11(2,3)5-8(9)14-10(6)13/h7-8,12H,4-5H2,1-3H3. The fourth-order valence-corrected chi connectivity index (χ4v) is 2.48. The highest BCUT2D eigenvalue weighted by atomic mass is 16.5. The van der Waals surface area contributed by atoms with Gasteiger partial charge >= 0.3 is 5.97 Å². The van der Waals surface area contributed by atoms with Gasteiger partial charge < -0.3 is 9.84 Å². The van der Waals surface area contributed by atoms with Gasteiger partial charge in [-0.25, -0.2) is 4.79 Å². The van der Waals surface area contributed by atoms with Crippen LogP contribution in [-0.2, 0) is 9.53 Å². The average molecular weight is 196 g/mol. The molecule has 0 saturated heterocycles. The molecule has 1 fully saturated rings. The van der Waals surface area contributed by atoms with Crippen molar-refractivity contribution in [2.24, 2.45) is 5.41 Å². The number of aliphatic hydroxyl groups excluding tert-OH is 1. The van der Waals surface area contributed by atoms with Crippen molar-refractivity contribution in [2.75, 3.05) is 0 Å². The van der Waals surface area contributed by atoms with Crippen LogP contribution in [0, 0.1) is 5.41 Å². The Kier molecular flexibility index (Phi) is 1.96. The van der Waals surface area contributed by atoms with E-state index in [1.807, 2.05) is 0 Å². The largest absolute Gasteiger partial charge is 0.454 e. The van der Waals surface area contributed by atoms with Crippen molar-refractivity contribution in [3.63, 3.8) is 0 Å². The molecule has 0 amide bonds. The van der Waals surface area contributed by atoms with Crippen molar-refractivity contribution >= 4 is 5.97 Å². The zero-order valence-corrected chi connectivity index (χ0v) is 8.83. The lowest BCUT2D eigenvalue weighted by Gasteiger charge is -2.37. The molecule has 78 valence electrons. The Balaban J connectivity index is 2.33. The van der Waals surface area contributed by atoms with Gasteiger partial charge in [0.25, 0.3) is 0 Å². The molecule has 2 rings (SSSR count). The van der Waals surface area contributed by atoms with Gasteiger partial charge in [-0.3, -0.25) is 0 Å². The monoisotopic (exact) mass is 196 g/mol. The van der Waals surface area contributed by atoms with E-state index in [0.29, 0.717) is 12.0 Å². The summed E-state index contributed by atoms with van der Waals surface area (Å²) < 4.78 is 5.21. The number of hydrogen-bond donors (Lipinski definition) is 1. The van der Waals surface area contributed by atoms with Crippen molar-refractivity contribution in [1.82, 2.24) is 0 Å². The maximum atomic E-state index is 11.3. The Morgan fingerprint density at radius 2 is 2.07 bits per heavy atom. The maximum absolute atomic E-state index is 11.3. The van der Waals surface area contributed by atoms with Crippen LogP contribution in [0.15, 0.2) is 11.1 Å². The van der Waals surface area contributed by atoms with Crippen molar-refractivity contribution in [3.8, 4) is 0 Å². The Bertz CT molecular complexity index is 314. The van der Waals surface area contributed by atoms with Crippen molar-refractivity contribution < 1.29 is 14.6 Å². The first kappa shape index (κ1) is 9.71. The molecule has 1 saturated carbocycles. The van der Waals surface area contributed by atoms with Crippen LogP contribution in [0.3, 0.4) is 0 Å². The number of hydrogen-bond acceptors (Lipinski definition) is 3. The number of carbonyl (C=O) groups is 1. The predicted molar refractivity (Wildman–Crippen MR) is 51.6 cm³/mol. The van der Waals surface area contributed by atoms with Crippen molar-refractivity contribution in [3.05, 3.63) is 11.1 Å². The molecule has 3 heteroatoms. The molecule has 2 atom stereocenters. The molecule has 2 unspecified atom stereocenters. The first-order valence-corrected chi connectivity index (χ1v) is 5.00. The fraction of sp³-hybridized carbons (Fsp3) is 0.727. The number of rotatable bonds is 0. The number of esters is 1. The van der Waals surface area contributed by atoms with Crippen LogP contribution in [-0.4, -0.2) is 23.3 Å². The van der Waals surface area contributed by atoms with E-state index < -0.39 is 6.10 Å². The normalized spacial score (nSPS) is 35.6. The lowest BCUT2D eigenvalue weighted by Crippen LogP contribution is -2.36. The molecule has 0 aromatic carbocycles. The molecular weight excluding hydrogens is 180 g/mol. The van der Waals surface area contributed by atoms with Gasteiger partial charge in [-0.15, -0.1) is 0 Å². The summed E-state index contributed by atoms with van der Waals surface area (Å²) in [5, 5.41) is 9.91. The molecule has 0 radical (unpaired) electrons. The highest BCUT2D eigenvalue weighted by Gasteiger charge is 2.44. The zero-order chi connectivity index (χ0) is 10.5. The first-order valence-electron chi connectivity index (χ1n) is 5.00. The van der Waals surface area contributed by atoms with E-state index >= 15 is 0 Å². The summed E-state index contributed by atoms with van der Waals surface area (Å²) in [7, 11) is 0.